The van der Waals surface area contributed by atoms with E-state index >= 15 is 0 Å². The van der Waals surface area contributed by atoms with E-state index in [1.165, 1.54) is 0 Å². The van der Waals surface area contributed by atoms with Crippen LogP contribution in [0.5, 0.6) is 0 Å². The third-order valence-corrected chi connectivity index (χ3v) is 1.36. The molecule has 0 saturated carbocycles. The highest BCUT2D eigenvalue weighted by molar-refractivity contribution is 5.57. The molecular weight excluding hydrogens is 164 g/mol. The largest absolute Gasteiger partial charge is 0.369 e. The van der Waals surface area contributed by atoms with Crippen LogP contribution in [0.4, 0.5) is 5.95 Å². The summed E-state index contributed by atoms with van der Waals surface area (Å²) in [5, 5.41) is 0. The molecule has 0 fully saturated rings. The lowest BCUT2D eigenvalue weighted by Gasteiger charge is -2.02. The molecule has 0 radical (unpaired) electrons. The van der Waals surface area contributed by atoms with Crippen molar-refractivity contribution in [3.05, 3.63) is 12.4 Å². The van der Waals surface area contributed by atoms with Crippen LogP contribution < -0.4 is 0 Å². The fraction of sp³-hybridized carbons (Fsp3) is 0.333. The quantitative estimate of drug-likeness (QED) is 0.386. The van der Waals surface area contributed by atoms with Gasteiger partial charge in [-0.3, -0.25) is 0 Å². The van der Waals surface area contributed by atoms with Gasteiger partial charge in [0, 0.05) is 26.5 Å². The Labute approximate surface area is 77.9 Å². The number of hydrogen-bond acceptors (Lipinski definition) is 2. The van der Waals surface area contributed by atoms with Crippen molar-refractivity contribution >= 4 is 12.3 Å². The number of nitrogens with zero attached hydrogens (tertiary/aromatic N) is 4. The van der Waals surface area contributed by atoms with E-state index in [9.17, 15) is 0 Å². The highest BCUT2D eigenvalue weighted by Crippen LogP contribution is 2.06. The number of aromatic nitrogens is 2. The van der Waals surface area contributed by atoms with Crippen LogP contribution in [0.25, 0.3) is 0 Å². The maximum absolute atomic E-state index is 5.18. The third-order valence-electron chi connectivity index (χ3n) is 1.36. The summed E-state index contributed by atoms with van der Waals surface area (Å²) in [6, 6.07) is 0. The number of terminal acetylenes is 1. The average molecular weight is 176 g/mol. The molecule has 0 aliphatic rings. The van der Waals surface area contributed by atoms with E-state index in [0.29, 0.717) is 12.5 Å². The van der Waals surface area contributed by atoms with E-state index in [1.807, 2.05) is 25.2 Å². The average Bonchev–Trinajstić information content (AvgIpc) is 2.49. The standard InChI is InChI=1S/C9H12N4/c1-4-6-13-7-5-10-9(13)11-8-12(2)3/h1,5,7-8H,6H2,2-3H3/b11-8+. The van der Waals surface area contributed by atoms with Crippen molar-refractivity contribution in [2.75, 3.05) is 14.1 Å². The van der Waals surface area contributed by atoms with E-state index in [-0.39, 0.29) is 0 Å². The summed E-state index contributed by atoms with van der Waals surface area (Å²) >= 11 is 0. The van der Waals surface area contributed by atoms with Gasteiger partial charge in [0.05, 0.1) is 12.9 Å². The van der Waals surface area contributed by atoms with Crippen LogP contribution in [-0.2, 0) is 6.54 Å². The smallest absolute Gasteiger partial charge is 0.231 e. The zero-order valence-electron chi connectivity index (χ0n) is 7.81. The van der Waals surface area contributed by atoms with Crippen molar-refractivity contribution in [2.45, 2.75) is 6.54 Å². The minimum Gasteiger partial charge on any atom is -0.369 e. The molecule has 0 amide bonds. The third kappa shape index (κ3) is 2.64. The van der Waals surface area contributed by atoms with Crippen LogP contribution in [0.15, 0.2) is 17.4 Å². The van der Waals surface area contributed by atoms with Gasteiger partial charge < -0.3 is 9.47 Å². The van der Waals surface area contributed by atoms with Gasteiger partial charge in [-0.1, -0.05) is 5.92 Å². The van der Waals surface area contributed by atoms with Gasteiger partial charge in [0.25, 0.3) is 0 Å². The first-order chi connectivity index (χ1) is 6.24. The minimum absolute atomic E-state index is 0.500. The summed E-state index contributed by atoms with van der Waals surface area (Å²) in [6.07, 6.45) is 10.4. The fourth-order valence-corrected chi connectivity index (χ4v) is 0.818. The summed E-state index contributed by atoms with van der Waals surface area (Å²) in [6.45, 7) is 0.500. The normalized spacial score (nSPS) is 10.2. The molecule has 4 heteroatoms. The van der Waals surface area contributed by atoms with E-state index < -0.39 is 0 Å². The fourth-order valence-electron chi connectivity index (χ4n) is 0.818. The molecule has 0 saturated heterocycles. The number of rotatable bonds is 3. The molecular formula is C9H12N4. The molecule has 0 aliphatic carbocycles. The lowest BCUT2D eigenvalue weighted by atomic mass is 10.6. The molecule has 0 spiro atoms. The Bertz CT molecular complexity index is 330. The summed E-state index contributed by atoms with van der Waals surface area (Å²) in [7, 11) is 3.80. The van der Waals surface area contributed by atoms with Crippen molar-refractivity contribution in [1.82, 2.24) is 14.5 Å². The van der Waals surface area contributed by atoms with Crippen LogP contribution in [0.3, 0.4) is 0 Å². The Morgan fingerprint density at radius 1 is 1.77 bits per heavy atom. The molecule has 1 aromatic rings. The summed E-state index contributed by atoms with van der Waals surface area (Å²) < 4.78 is 1.81. The number of hydrogen-bond donors (Lipinski definition) is 0. The molecule has 13 heavy (non-hydrogen) atoms. The molecule has 68 valence electrons. The Balaban J connectivity index is 2.77. The molecule has 0 bridgehead atoms. The highest BCUT2D eigenvalue weighted by Gasteiger charge is 1.96. The van der Waals surface area contributed by atoms with Gasteiger partial charge in [-0.15, -0.1) is 6.42 Å². The molecule has 0 unspecified atom stereocenters. The van der Waals surface area contributed by atoms with Crippen LogP contribution >= 0.6 is 0 Å². The van der Waals surface area contributed by atoms with E-state index in [1.54, 1.807) is 17.1 Å². The van der Waals surface area contributed by atoms with Gasteiger partial charge >= 0.3 is 0 Å². The number of aliphatic imine (C=N–C) groups is 1. The van der Waals surface area contributed by atoms with Crippen molar-refractivity contribution in [2.24, 2.45) is 4.99 Å². The lowest BCUT2D eigenvalue weighted by molar-refractivity contribution is 0.641. The van der Waals surface area contributed by atoms with Crippen molar-refractivity contribution in [3.63, 3.8) is 0 Å². The van der Waals surface area contributed by atoms with E-state index in [0.717, 1.165) is 0 Å². The zero-order chi connectivity index (χ0) is 9.68. The van der Waals surface area contributed by atoms with E-state index in [4.69, 9.17) is 6.42 Å². The topological polar surface area (TPSA) is 33.4 Å². The van der Waals surface area contributed by atoms with Gasteiger partial charge in [-0.05, 0) is 0 Å². The zero-order valence-corrected chi connectivity index (χ0v) is 7.81. The first-order valence-electron chi connectivity index (χ1n) is 3.89. The van der Waals surface area contributed by atoms with Gasteiger partial charge in [0.1, 0.15) is 0 Å². The molecule has 4 nitrogen and oxygen atoms in total. The van der Waals surface area contributed by atoms with Crippen LogP contribution in [-0.4, -0.2) is 34.9 Å². The second kappa shape index (κ2) is 4.31. The first kappa shape index (κ1) is 9.33. The highest BCUT2D eigenvalue weighted by atomic mass is 15.2. The van der Waals surface area contributed by atoms with Crippen LogP contribution in [0.1, 0.15) is 0 Å². The SMILES string of the molecule is C#CCn1ccnc1/N=C/N(C)C. The molecule has 1 heterocycles. The summed E-state index contributed by atoms with van der Waals surface area (Å²) in [4.78, 5) is 10.0. The first-order valence-corrected chi connectivity index (χ1v) is 3.89. The number of imidazole rings is 1. The predicted octanol–water partition coefficient (Wildman–Crippen LogP) is 0.738. The van der Waals surface area contributed by atoms with Crippen LogP contribution in [0.2, 0.25) is 0 Å². The molecule has 0 N–H and O–H groups in total. The monoisotopic (exact) mass is 176 g/mol. The predicted molar refractivity (Wildman–Crippen MR) is 52.9 cm³/mol. The van der Waals surface area contributed by atoms with Gasteiger partial charge in [-0.25, -0.2) is 9.98 Å². The lowest BCUT2D eigenvalue weighted by Crippen LogP contribution is -2.07. The Hall–Kier alpha value is -1.76. The maximum Gasteiger partial charge on any atom is 0.231 e. The molecule has 1 rings (SSSR count). The maximum atomic E-state index is 5.18. The van der Waals surface area contributed by atoms with E-state index in [2.05, 4.69) is 15.9 Å². The van der Waals surface area contributed by atoms with Crippen molar-refractivity contribution in [1.29, 1.82) is 0 Å². The molecule has 0 atom stereocenters. The van der Waals surface area contributed by atoms with Gasteiger partial charge in [0.2, 0.25) is 5.95 Å². The Morgan fingerprint density at radius 2 is 2.54 bits per heavy atom. The molecule has 1 aromatic heterocycles. The van der Waals surface area contributed by atoms with Crippen molar-refractivity contribution < 1.29 is 0 Å². The Morgan fingerprint density at radius 3 is 3.15 bits per heavy atom. The summed E-state index contributed by atoms with van der Waals surface area (Å²) in [5.74, 6) is 3.16. The second-order valence-electron chi connectivity index (χ2n) is 2.77. The minimum atomic E-state index is 0.500. The molecule has 0 aliphatic heterocycles. The van der Waals surface area contributed by atoms with Gasteiger partial charge in [-0.2, -0.15) is 0 Å². The Kier molecular flexibility index (Phi) is 3.09. The molecule has 0 aromatic carbocycles. The second-order valence-corrected chi connectivity index (χ2v) is 2.77. The van der Waals surface area contributed by atoms with Crippen molar-refractivity contribution in [3.8, 4) is 12.3 Å². The van der Waals surface area contributed by atoms with Crippen LogP contribution in [0, 0.1) is 12.3 Å². The summed E-state index contributed by atoms with van der Waals surface area (Å²) in [5.41, 5.74) is 0. The van der Waals surface area contributed by atoms with Gasteiger partial charge in [0.15, 0.2) is 0 Å².